The van der Waals surface area contributed by atoms with E-state index in [2.05, 4.69) is 10.1 Å². The molecule has 0 aromatic carbocycles. The zero-order valence-corrected chi connectivity index (χ0v) is 7.06. The van der Waals surface area contributed by atoms with Crippen LogP contribution in [-0.2, 0) is 0 Å². The van der Waals surface area contributed by atoms with Gasteiger partial charge in [-0.25, -0.2) is 9.78 Å². The average Bonchev–Trinajstić information content (AvgIpc) is 2.47. The molecule has 0 radical (unpaired) electrons. The van der Waals surface area contributed by atoms with Crippen molar-refractivity contribution in [1.29, 1.82) is 0 Å². The monoisotopic (exact) mass is 197 g/mol. The van der Waals surface area contributed by atoms with E-state index in [1.54, 1.807) is 0 Å². The fraction of sp³-hybridized carbons (Fsp3) is 0. The summed E-state index contributed by atoms with van der Waals surface area (Å²) >= 11 is 5.60. The number of fused-ring (bicyclic) bond motifs is 1. The Morgan fingerprint density at radius 2 is 2.31 bits per heavy atom. The molecule has 0 aliphatic rings. The number of carbonyl (C=O) groups is 1. The van der Waals surface area contributed by atoms with E-state index in [9.17, 15) is 4.79 Å². The lowest BCUT2D eigenvalue weighted by molar-refractivity contribution is 0.0696. The van der Waals surface area contributed by atoms with Crippen LogP contribution in [0.5, 0.6) is 0 Å². The second-order valence-corrected chi connectivity index (χ2v) is 2.77. The van der Waals surface area contributed by atoms with Gasteiger partial charge in [-0.05, 0) is 6.07 Å². The number of hydrogen-bond acceptors (Lipinski definition) is 3. The van der Waals surface area contributed by atoms with Crippen LogP contribution in [0.15, 0.2) is 18.5 Å². The molecular weight excluding hydrogens is 194 g/mol. The average molecular weight is 198 g/mol. The number of aromatic carboxylic acids is 1. The summed E-state index contributed by atoms with van der Waals surface area (Å²) < 4.78 is 1.07. The third kappa shape index (κ3) is 1.23. The molecule has 2 rings (SSSR count). The van der Waals surface area contributed by atoms with Gasteiger partial charge in [-0.3, -0.25) is 0 Å². The number of hydrogen-bond donors (Lipinski definition) is 1. The van der Waals surface area contributed by atoms with E-state index in [-0.39, 0.29) is 5.56 Å². The second-order valence-electron chi connectivity index (χ2n) is 2.45. The molecule has 66 valence electrons. The van der Waals surface area contributed by atoms with E-state index >= 15 is 0 Å². The Balaban J connectivity index is 2.70. The van der Waals surface area contributed by atoms with Crippen molar-refractivity contribution in [2.75, 3.05) is 0 Å². The summed E-state index contributed by atoms with van der Waals surface area (Å²) in [7, 11) is 0. The minimum Gasteiger partial charge on any atom is -0.478 e. The summed E-state index contributed by atoms with van der Waals surface area (Å²) in [4.78, 5) is 14.4. The van der Waals surface area contributed by atoms with Gasteiger partial charge in [0.1, 0.15) is 0 Å². The second kappa shape index (κ2) is 2.70. The minimum atomic E-state index is -1.02. The van der Waals surface area contributed by atoms with Gasteiger partial charge in [-0.1, -0.05) is 0 Å². The van der Waals surface area contributed by atoms with Crippen molar-refractivity contribution in [1.82, 2.24) is 14.3 Å². The SMILES string of the molecule is O=C(O)c1cnc2c(cnn2Cl)c1. The van der Waals surface area contributed by atoms with E-state index in [4.69, 9.17) is 16.9 Å². The fourth-order valence-electron chi connectivity index (χ4n) is 1.01. The topological polar surface area (TPSA) is 68.0 Å². The van der Waals surface area contributed by atoms with Gasteiger partial charge < -0.3 is 5.11 Å². The number of carboxylic acid groups (broad SMARTS) is 1. The highest BCUT2D eigenvalue weighted by Gasteiger charge is 2.07. The van der Waals surface area contributed by atoms with Gasteiger partial charge in [0.25, 0.3) is 0 Å². The first-order valence-electron chi connectivity index (χ1n) is 3.42. The van der Waals surface area contributed by atoms with Crippen molar-refractivity contribution in [2.45, 2.75) is 0 Å². The zero-order valence-electron chi connectivity index (χ0n) is 6.31. The van der Waals surface area contributed by atoms with Crippen molar-refractivity contribution in [3.63, 3.8) is 0 Å². The Bertz CT molecular complexity index is 480. The molecule has 0 fully saturated rings. The number of nitrogens with zero attached hydrogens (tertiary/aromatic N) is 3. The predicted molar refractivity (Wildman–Crippen MR) is 45.7 cm³/mol. The fourth-order valence-corrected chi connectivity index (χ4v) is 1.19. The molecule has 0 bridgehead atoms. The van der Waals surface area contributed by atoms with Crippen molar-refractivity contribution >= 4 is 28.8 Å². The maximum Gasteiger partial charge on any atom is 0.337 e. The highest BCUT2D eigenvalue weighted by atomic mass is 35.5. The van der Waals surface area contributed by atoms with Crippen LogP contribution in [0.3, 0.4) is 0 Å². The van der Waals surface area contributed by atoms with Crippen LogP contribution in [0.4, 0.5) is 0 Å². The molecule has 1 N–H and O–H groups in total. The van der Waals surface area contributed by atoms with Crippen LogP contribution >= 0.6 is 11.8 Å². The lowest BCUT2D eigenvalue weighted by Gasteiger charge is -1.93. The molecule has 0 unspecified atom stereocenters. The number of aromatic nitrogens is 3. The van der Waals surface area contributed by atoms with Gasteiger partial charge in [0.05, 0.1) is 11.8 Å². The lowest BCUT2D eigenvalue weighted by Crippen LogP contribution is -1.96. The summed E-state index contributed by atoms with van der Waals surface area (Å²) in [6.45, 7) is 0. The Morgan fingerprint density at radius 1 is 1.54 bits per heavy atom. The standard InChI is InChI=1S/C7H4ClN3O2/c8-11-6-4(3-10-11)1-5(2-9-6)7(12)13/h1-3H,(H,12,13). The summed E-state index contributed by atoms with van der Waals surface area (Å²) in [5.74, 6) is -1.02. The largest absolute Gasteiger partial charge is 0.478 e. The lowest BCUT2D eigenvalue weighted by atomic mass is 10.2. The van der Waals surface area contributed by atoms with Crippen LogP contribution in [0, 0.1) is 0 Å². The van der Waals surface area contributed by atoms with Crippen molar-refractivity contribution in [3.8, 4) is 0 Å². The number of halogens is 1. The van der Waals surface area contributed by atoms with E-state index < -0.39 is 5.97 Å². The maximum absolute atomic E-state index is 10.6. The normalized spacial score (nSPS) is 10.5. The van der Waals surface area contributed by atoms with E-state index in [1.807, 2.05) is 0 Å². The van der Waals surface area contributed by atoms with Crippen molar-refractivity contribution < 1.29 is 9.90 Å². The molecule has 0 aliphatic carbocycles. The van der Waals surface area contributed by atoms with Crippen molar-refractivity contribution in [3.05, 3.63) is 24.0 Å². The molecule has 0 aliphatic heterocycles. The number of pyridine rings is 1. The highest BCUT2D eigenvalue weighted by Crippen LogP contribution is 2.13. The van der Waals surface area contributed by atoms with Gasteiger partial charge in [0.2, 0.25) is 0 Å². The molecule has 2 aromatic heterocycles. The van der Waals surface area contributed by atoms with Crippen LogP contribution in [-0.4, -0.2) is 25.4 Å². The van der Waals surface area contributed by atoms with Crippen LogP contribution in [0.25, 0.3) is 11.0 Å². The van der Waals surface area contributed by atoms with Gasteiger partial charge in [0, 0.05) is 23.4 Å². The smallest absolute Gasteiger partial charge is 0.337 e. The van der Waals surface area contributed by atoms with Crippen molar-refractivity contribution in [2.24, 2.45) is 0 Å². The van der Waals surface area contributed by atoms with Crippen LogP contribution in [0.1, 0.15) is 10.4 Å². The third-order valence-corrected chi connectivity index (χ3v) is 1.86. The third-order valence-electron chi connectivity index (χ3n) is 1.62. The Labute approximate surface area is 77.7 Å². The molecular formula is C7H4ClN3O2. The van der Waals surface area contributed by atoms with Crippen LogP contribution in [0.2, 0.25) is 0 Å². The van der Waals surface area contributed by atoms with Gasteiger partial charge in [0.15, 0.2) is 5.65 Å². The number of rotatable bonds is 1. The summed E-state index contributed by atoms with van der Waals surface area (Å²) in [5.41, 5.74) is 0.573. The molecule has 0 amide bonds. The first-order chi connectivity index (χ1) is 6.18. The predicted octanol–water partition coefficient (Wildman–Crippen LogP) is 1.13. The molecule has 2 aromatic rings. The van der Waals surface area contributed by atoms with E-state index in [0.29, 0.717) is 11.0 Å². The molecule has 6 heteroatoms. The summed E-state index contributed by atoms with van der Waals surface area (Å²) in [5, 5.41) is 13.0. The number of carboxylic acids is 1. The summed E-state index contributed by atoms with van der Waals surface area (Å²) in [6.07, 6.45) is 2.70. The van der Waals surface area contributed by atoms with Gasteiger partial charge in [-0.2, -0.15) is 9.30 Å². The molecule has 13 heavy (non-hydrogen) atoms. The Morgan fingerprint density at radius 3 is 3.00 bits per heavy atom. The van der Waals surface area contributed by atoms with Gasteiger partial charge >= 0.3 is 5.97 Å². The molecule has 0 atom stereocenters. The quantitative estimate of drug-likeness (QED) is 0.744. The minimum absolute atomic E-state index is 0.122. The molecule has 0 spiro atoms. The Hall–Kier alpha value is -1.62. The Kier molecular flexibility index (Phi) is 1.66. The molecule has 5 nitrogen and oxygen atoms in total. The van der Waals surface area contributed by atoms with E-state index in [0.717, 1.165) is 4.20 Å². The van der Waals surface area contributed by atoms with Crippen LogP contribution < -0.4 is 0 Å². The highest BCUT2D eigenvalue weighted by molar-refractivity contribution is 6.17. The maximum atomic E-state index is 10.6. The molecule has 0 saturated carbocycles. The first kappa shape index (κ1) is 8.00. The van der Waals surface area contributed by atoms with E-state index in [1.165, 1.54) is 18.5 Å². The molecule has 2 heterocycles. The van der Waals surface area contributed by atoms with Gasteiger partial charge in [-0.15, -0.1) is 0 Å². The summed E-state index contributed by atoms with van der Waals surface area (Å²) in [6, 6.07) is 1.47. The first-order valence-corrected chi connectivity index (χ1v) is 3.75. The zero-order chi connectivity index (χ0) is 9.42. The molecule has 0 saturated heterocycles.